The second-order valence-electron chi connectivity index (χ2n) is 8.58. The molecule has 0 spiro atoms. The SMILES string of the molecule is CC1(C)OB(c2cnc(SC[C@H]3CCCCN3C(=O)[C@H](O)CO)nc2)OC1(C)C. The predicted molar refractivity (Wildman–Crippen MR) is 111 cm³/mol. The Kier molecular flexibility index (Phi) is 6.90. The molecule has 29 heavy (non-hydrogen) atoms. The van der Waals surface area contributed by atoms with E-state index in [9.17, 15) is 9.90 Å². The number of rotatable bonds is 6. The summed E-state index contributed by atoms with van der Waals surface area (Å²) < 4.78 is 12.0. The molecule has 2 N–H and O–H groups in total. The molecular weight excluding hydrogens is 393 g/mol. The number of amides is 1. The number of carbonyl (C=O) groups excluding carboxylic acids is 1. The van der Waals surface area contributed by atoms with Crippen LogP contribution in [0.1, 0.15) is 47.0 Å². The molecule has 0 bridgehead atoms. The maximum Gasteiger partial charge on any atom is 0.498 e. The third-order valence-electron chi connectivity index (χ3n) is 5.95. The van der Waals surface area contributed by atoms with Gasteiger partial charge in [-0.05, 0) is 47.0 Å². The van der Waals surface area contributed by atoms with Crippen LogP contribution < -0.4 is 5.46 Å². The summed E-state index contributed by atoms with van der Waals surface area (Å²) in [5, 5.41) is 19.4. The Balaban J connectivity index is 1.59. The Bertz CT molecular complexity index is 702. The first-order valence-electron chi connectivity index (χ1n) is 10.0. The second kappa shape index (κ2) is 8.89. The predicted octanol–water partition coefficient (Wildman–Crippen LogP) is 0.602. The van der Waals surface area contributed by atoms with Crippen molar-refractivity contribution in [1.82, 2.24) is 14.9 Å². The molecule has 1 amide bonds. The van der Waals surface area contributed by atoms with Gasteiger partial charge in [0, 0.05) is 36.2 Å². The van der Waals surface area contributed by atoms with E-state index in [-0.39, 0.29) is 6.04 Å². The topological polar surface area (TPSA) is 105 Å². The Hall–Kier alpha value is -1.20. The van der Waals surface area contributed by atoms with Crippen molar-refractivity contribution in [2.45, 2.75) is 75.5 Å². The third-order valence-corrected chi connectivity index (χ3v) is 6.97. The average Bonchev–Trinajstić information content (AvgIpc) is 2.93. The van der Waals surface area contributed by atoms with Crippen molar-refractivity contribution in [1.29, 1.82) is 0 Å². The van der Waals surface area contributed by atoms with Crippen LogP contribution in [0, 0.1) is 0 Å². The zero-order valence-electron chi connectivity index (χ0n) is 17.5. The Labute approximate surface area is 176 Å². The molecule has 2 aliphatic heterocycles. The molecule has 1 aromatic heterocycles. The van der Waals surface area contributed by atoms with Crippen molar-refractivity contribution < 1.29 is 24.3 Å². The van der Waals surface area contributed by atoms with E-state index in [1.165, 1.54) is 11.8 Å². The lowest BCUT2D eigenvalue weighted by Gasteiger charge is -2.36. The highest BCUT2D eigenvalue weighted by atomic mass is 32.2. The molecule has 8 nitrogen and oxygen atoms in total. The fourth-order valence-corrected chi connectivity index (χ4v) is 4.35. The summed E-state index contributed by atoms with van der Waals surface area (Å²) in [6.07, 6.45) is 4.89. The molecule has 1 aromatic rings. The van der Waals surface area contributed by atoms with Gasteiger partial charge in [-0.1, -0.05) is 11.8 Å². The summed E-state index contributed by atoms with van der Waals surface area (Å²) in [6.45, 7) is 8.06. The van der Waals surface area contributed by atoms with Gasteiger partial charge in [0.05, 0.1) is 17.8 Å². The molecule has 0 saturated carbocycles. The number of thioether (sulfide) groups is 1. The highest BCUT2D eigenvalue weighted by molar-refractivity contribution is 7.99. The van der Waals surface area contributed by atoms with Gasteiger partial charge in [-0.15, -0.1) is 0 Å². The minimum absolute atomic E-state index is 0.00572. The van der Waals surface area contributed by atoms with E-state index in [0.717, 1.165) is 24.7 Å². The summed E-state index contributed by atoms with van der Waals surface area (Å²) in [5.74, 6) is 0.231. The van der Waals surface area contributed by atoms with Gasteiger partial charge in [-0.25, -0.2) is 9.97 Å². The van der Waals surface area contributed by atoms with E-state index < -0.39 is 36.9 Å². The zero-order chi connectivity index (χ0) is 21.2. The van der Waals surface area contributed by atoms with Crippen LogP contribution >= 0.6 is 11.8 Å². The van der Waals surface area contributed by atoms with Crippen LogP contribution in [-0.2, 0) is 14.1 Å². The minimum atomic E-state index is -1.35. The first kappa shape index (κ1) is 22.5. The van der Waals surface area contributed by atoms with Crippen molar-refractivity contribution in [2.24, 2.45) is 0 Å². The van der Waals surface area contributed by atoms with Crippen molar-refractivity contribution in [3.8, 4) is 0 Å². The standard InChI is InChI=1S/C19H30BN3O5S/c1-18(2)19(3,4)28-20(27-18)13-9-21-17(22-10-13)29-12-14-7-5-6-8-23(14)16(26)15(25)11-24/h9-10,14-15,24-25H,5-8,11-12H2,1-4H3/t14-,15-/m1/s1. The lowest BCUT2D eigenvalue weighted by atomic mass is 9.81. The van der Waals surface area contributed by atoms with E-state index in [1.54, 1.807) is 17.3 Å². The van der Waals surface area contributed by atoms with Crippen molar-refractivity contribution in [3.05, 3.63) is 12.4 Å². The van der Waals surface area contributed by atoms with E-state index >= 15 is 0 Å². The summed E-state index contributed by atoms with van der Waals surface area (Å²) in [7, 11) is -0.495. The van der Waals surface area contributed by atoms with Crippen LogP contribution in [0.25, 0.3) is 0 Å². The molecule has 0 unspecified atom stereocenters. The fraction of sp³-hybridized carbons (Fsp3) is 0.737. The van der Waals surface area contributed by atoms with Gasteiger partial charge in [-0.2, -0.15) is 0 Å². The Morgan fingerprint density at radius 3 is 2.48 bits per heavy atom. The van der Waals surface area contributed by atoms with Crippen LogP contribution in [-0.4, -0.2) is 80.4 Å². The van der Waals surface area contributed by atoms with Gasteiger partial charge >= 0.3 is 7.12 Å². The zero-order valence-corrected chi connectivity index (χ0v) is 18.3. The largest absolute Gasteiger partial charge is 0.498 e. The van der Waals surface area contributed by atoms with Gasteiger partial charge in [-0.3, -0.25) is 4.79 Å². The smallest absolute Gasteiger partial charge is 0.399 e. The van der Waals surface area contributed by atoms with Crippen LogP contribution in [0.4, 0.5) is 0 Å². The molecule has 2 fully saturated rings. The quantitative estimate of drug-likeness (QED) is 0.390. The minimum Gasteiger partial charge on any atom is -0.399 e. The van der Waals surface area contributed by atoms with E-state index in [4.69, 9.17) is 14.4 Å². The average molecular weight is 423 g/mol. The van der Waals surface area contributed by atoms with Gasteiger partial charge in [0.15, 0.2) is 11.3 Å². The van der Waals surface area contributed by atoms with Crippen molar-refractivity contribution >= 4 is 30.3 Å². The molecule has 2 aliphatic rings. The Morgan fingerprint density at radius 2 is 1.90 bits per heavy atom. The van der Waals surface area contributed by atoms with E-state index in [0.29, 0.717) is 17.5 Å². The number of aliphatic hydroxyl groups excluding tert-OH is 2. The molecule has 10 heteroatoms. The monoisotopic (exact) mass is 423 g/mol. The van der Waals surface area contributed by atoms with Crippen molar-refractivity contribution in [2.75, 3.05) is 18.9 Å². The summed E-state index contributed by atoms with van der Waals surface area (Å²) in [4.78, 5) is 22.8. The first-order chi connectivity index (χ1) is 13.6. The number of hydrogen-bond donors (Lipinski definition) is 2. The highest BCUT2D eigenvalue weighted by Gasteiger charge is 2.52. The maximum absolute atomic E-state index is 12.3. The summed E-state index contributed by atoms with van der Waals surface area (Å²) in [5.41, 5.74) is -0.0592. The van der Waals surface area contributed by atoms with E-state index in [2.05, 4.69) is 9.97 Å². The Morgan fingerprint density at radius 1 is 1.28 bits per heavy atom. The van der Waals surface area contributed by atoms with Crippen LogP contribution in [0.2, 0.25) is 0 Å². The molecule has 3 rings (SSSR count). The third kappa shape index (κ3) is 4.94. The number of aliphatic hydroxyl groups is 2. The molecule has 160 valence electrons. The number of hydrogen-bond acceptors (Lipinski definition) is 8. The van der Waals surface area contributed by atoms with E-state index in [1.807, 2.05) is 27.7 Å². The number of carbonyl (C=O) groups is 1. The molecule has 0 aromatic carbocycles. The molecule has 2 atom stereocenters. The van der Waals surface area contributed by atoms with Crippen LogP contribution in [0.15, 0.2) is 17.6 Å². The van der Waals surface area contributed by atoms with Gasteiger partial charge in [0.1, 0.15) is 0 Å². The summed E-state index contributed by atoms with van der Waals surface area (Å²) in [6, 6.07) is -0.00572. The number of likely N-dealkylation sites (tertiary alicyclic amines) is 1. The van der Waals surface area contributed by atoms with Crippen LogP contribution in [0.5, 0.6) is 0 Å². The number of piperidine rings is 1. The van der Waals surface area contributed by atoms with Gasteiger partial charge < -0.3 is 24.4 Å². The molecule has 0 radical (unpaired) electrons. The summed E-state index contributed by atoms with van der Waals surface area (Å²) >= 11 is 1.48. The van der Waals surface area contributed by atoms with Gasteiger partial charge in [0.2, 0.25) is 0 Å². The highest BCUT2D eigenvalue weighted by Crippen LogP contribution is 2.36. The number of nitrogens with zero attached hydrogens (tertiary/aromatic N) is 3. The van der Waals surface area contributed by atoms with Crippen molar-refractivity contribution in [3.63, 3.8) is 0 Å². The van der Waals surface area contributed by atoms with Crippen LogP contribution in [0.3, 0.4) is 0 Å². The molecule has 3 heterocycles. The van der Waals surface area contributed by atoms with Gasteiger partial charge in [0.25, 0.3) is 5.91 Å². The lowest BCUT2D eigenvalue weighted by molar-refractivity contribution is -0.145. The maximum atomic E-state index is 12.3. The normalized spacial score (nSPS) is 24.6. The molecule has 0 aliphatic carbocycles. The fourth-order valence-electron chi connectivity index (χ4n) is 3.41. The second-order valence-corrected chi connectivity index (χ2v) is 9.56. The number of aromatic nitrogens is 2. The lowest BCUT2D eigenvalue weighted by Crippen LogP contribution is -2.50. The first-order valence-corrected chi connectivity index (χ1v) is 11.0. The molecule has 2 saturated heterocycles. The molecular formula is C19H30BN3O5S.